The minimum Gasteiger partial charge on any atom is -1.00 e. The van der Waals surface area contributed by atoms with Gasteiger partial charge >= 0.3 is 35.5 Å². The van der Waals surface area contributed by atoms with E-state index in [1.54, 1.807) is 30.3 Å². The van der Waals surface area contributed by atoms with Gasteiger partial charge in [0.15, 0.2) is 5.43 Å². The Morgan fingerprint density at radius 3 is 2.52 bits per heavy atom. The maximum Gasteiger partial charge on any atom is 1.00 e. The van der Waals surface area contributed by atoms with Crippen LogP contribution in [-0.2, 0) is 0 Å². The predicted octanol–water partition coefficient (Wildman–Crippen LogP) is -0.702. The minimum absolute atomic E-state index is 0. The van der Waals surface area contributed by atoms with Crippen LogP contribution in [0.2, 0.25) is 0 Å². The second-order valence-corrected chi connectivity index (χ2v) is 5.82. The van der Waals surface area contributed by atoms with Gasteiger partial charge in [-0.05, 0) is 36.4 Å². The molecule has 0 bridgehead atoms. The third-order valence-electron chi connectivity index (χ3n) is 3.78. The number of ether oxygens (including phenoxy) is 2. The third-order valence-corrected chi connectivity index (χ3v) is 3.78. The number of carbonyl (C=O) groups is 1. The Hall–Kier alpha value is -2.83. The molecular weight excluding hydrogens is 389 g/mol. The van der Waals surface area contributed by atoms with Crippen LogP contribution in [0.1, 0.15) is 17.5 Å². The molecule has 1 heterocycles. The topological polar surface area (TPSA) is 130 Å². The largest absolute Gasteiger partial charge is 1.00 e. The molecule has 2 aromatic carbocycles. The molecule has 29 heavy (non-hydrogen) atoms. The molecule has 0 amide bonds. The molecule has 144 valence electrons. The van der Waals surface area contributed by atoms with Gasteiger partial charge in [-0.25, -0.2) is 4.79 Å². The van der Waals surface area contributed by atoms with Crippen molar-refractivity contribution in [2.45, 2.75) is 6.10 Å². The number of carboxylic acid groups (broad SMARTS) is 1. The Kier molecular flexibility index (Phi) is 7.82. The summed E-state index contributed by atoms with van der Waals surface area (Å²) in [4.78, 5) is 23.2. The summed E-state index contributed by atoms with van der Waals surface area (Å²) in [7, 11) is 0. The number of benzene rings is 2. The number of aliphatic hydroxyl groups excluding tert-OH is 1. The van der Waals surface area contributed by atoms with Crippen LogP contribution in [0.15, 0.2) is 57.7 Å². The van der Waals surface area contributed by atoms with Gasteiger partial charge in [0.25, 0.3) is 0 Å². The van der Waals surface area contributed by atoms with Gasteiger partial charge in [0.05, 0.1) is 11.6 Å². The van der Waals surface area contributed by atoms with Gasteiger partial charge in [-0.15, -0.1) is 0 Å². The first-order valence-corrected chi connectivity index (χ1v) is 8.22. The van der Waals surface area contributed by atoms with Gasteiger partial charge in [-0.1, -0.05) is 6.07 Å². The number of nitriles is 1. The molecule has 8 nitrogen and oxygen atoms in total. The molecule has 0 saturated carbocycles. The fourth-order valence-corrected chi connectivity index (χ4v) is 2.46. The van der Waals surface area contributed by atoms with Crippen molar-refractivity contribution in [2.24, 2.45) is 0 Å². The van der Waals surface area contributed by atoms with Gasteiger partial charge < -0.3 is 25.5 Å². The van der Waals surface area contributed by atoms with E-state index >= 15 is 0 Å². The average molecular weight is 405 g/mol. The van der Waals surface area contributed by atoms with E-state index in [4.69, 9.17) is 24.3 Å². The van der Waals surface area contributed by atoms with Gasteiger partial charge in [0.2, 0.25) is 5.76 Å². The summed E-state index contributed by atoms with van der Waals surface area (Å²) in [6.07, 6.45) is -0.990. The molecule has 1 aromatic heterocycles. The SMILES string of the molecule is N#Cc1ccc(OCC(O)COc2cccc3oc(C(=O)O)cc(=O)c23)cc1.[H-].[Na+]. The fraction of sp³-hybridized carbons (Fsp3) is 0.150. The van der Waals surface area contributed by atoms with Crippen LogP contribution in [-0.4, -0.2) is 35.5 Å². The summed E-state index contributed by atoms with van der Waals surface area (Å²) < 4.78 is 16.1. The Labute approximate surface area is 188 Å². The molecule has 1 unspecified atom stereocenters. The predicted molar refractivity (Wildman–Crippen MR) is 98.7 cm³/mol. The number of carboxylic acids is 1. The minimum atomic E-state index is -1.35. The van der Waals surface area contributed by atoms with Gasteiger partial charge in [0.1, 0.15) is 41.8 Å². The van der Waals surface area contributed by atoms with E-state index in [2.05, 4.69) is 0 Å². The van der Waals surface area contributed by atoms with Crippen LogP contribution in [0, 0.1) is 11.3 Å². The van der Waals surface area contributed by atoms with E-state index in [1.807, 2.05) is 6.07 Å². The van der Waals surface area contributed by atoms with E-state index in [9.17, 15) is 14.7 Å². The fourth-order valence-electron chi connectivity index (χ4n) is 2.46. The number of aliphatic hydroxyl groups is 1. The smallest absolute Gasteiger partial charge is 1.00 e. The third kappa shape index (κ3) is 5.59. The number of hydrogen-bond donors (Lipinski definition) is 2. The second-order valence-electron chi connectivity index (χ2n) is 5.82. The van der Waals surface area contributed by atoms with Crippen LogP contribution < -0.4 is 44.5 Å². The summed E-state index contributed by atoms with van der Waals surface area (Å²) in [6.45, 7) is -0.218. The van der Waals surface area contributed by atoms with E-state index in [1.165, 1.54) is 12.1 Å². The van der Waals surface area contributed by atoms with Crippen molar-refractivity contribution in [3.8, 4) is 17.6 Å². The Morgan fingerprint density at radius 2 is 1.86 bits per heavy atom. The van der Waals surface area contributed by atoms with Crippen molar-refractivity contribution in [3.05, 3.63) is 70.1 Å². The summed E-state index contributed by atoms with van der Waals surface area (Å²) in [5, 5.41) is 27.9. The monoisotopic (exact) mass is 405 g/mol. The maximum absolute atomic E-state index is 12.2. The van der Waals surface area contributed by atoms with Gasteiger partial charge in [-0.3, -0.25) is 4.79 Å². The van der Waals surface area contributed by atoms with E-state index in [0.29, 0.717) is 11.3 Å². The van der Waals surface area contributed by atoms with Crippen LogP contribution in [0.3, 0.4) is 0 Å². The van der Waals surface area contributed by atoms with Crippen LogP contribution in [0.5, 0.6) is 11.5 Å². The molecule has 0 radical (unpaired) electrons. The number of nitrogens with zero attached hydrogens (tertiary/aromatic N) is 1. The number of aromatic carboxylic acids is 1. The molecule has 1 atom stereocenters. The Bertz CT molecular complexity index is 1110. The van der Waals surface area contributed by atoms with E-state index in [0.717, 1.165) is 6.07 Å². The quantitative estimate of drug-likeness (QED) is 0.494. The van der Waals surface area contributed by atoms with Crippen molar-refractivity contribution >= 4 is 16.9 Å². The zero-order valence-corrected chi connectivity index (χ0v) is 17.5. The zero-order valence-electron chi connectivity index (χ0n) is 16.5. The Morgan fingerprint density at radius 1 is 1.17 bits per heavy atom. The number of rotatable bonds is 7. The van der Waals surface area contributed by atoms with Crippen molar-refractivity contribution in [2.75, 3.05) is 13.2 Å². The van der Waals surface area contributed by atoms with Crippen LogP contribution in [0.4, 0.5) is 0 Å². The van der Waals surface area contributed by atoms with Gasteiger partial charge in [0, 0.05) is 6.07 Å². The summed E-state index contributed by atoms with van der Waals surface area (Å²) in [5.74, 6) is -1.16. The maximum atomic E-state index is 12.2. The van der Waals surface area contributed by atoms with E-state index < -0.39 is 23.3 Å². The first kappa shape index (κ1) is 22.5. The standard InChI is InChI=1S/C20H15NO7.Na.H/c21-9-12-4-6-14(7-5-12)26-10-13(22)11-27-16-2-1-3-17-19(16)15(23)8-18(28-17)20(24)25;;/h1-8,13,22H,10-11H2,(H,24,25);;/q;+1;-1. The van der Waals surface area contributed by atoms with Crippen molar-refractivity contribution in [1.82, 2.24) is 0 Å². The molecule has 0 spiro atoms. The molecule has 0 aliphatic rings. The molecule has 3 aromatic rings. The van der Waals surface area contributed by atoms with Crippen molar-refractivity contribution in [1.29, 1.82) is 5.26 Å². The number of hydrogen-bond acceptors (Lipinski definition) is 7. The summed E-state index contributed by atoms with van der Waals surface area (Å²) in [6, 6.07) is 13.8. The average Bonchev–Trinajstić information content (AvgIpc) is 2.70. The molecular formula is C20H16NNaO7. The summed E-state index contributed by atoms with van der Waals surface area (Å²) in [5.41, 5.74) is 0.0142. The first-order valence-electron chi connectivity index (χ1n) is 8.22. The summed E-state index contributed by atoms with van der Waals surface area (Å²) >= 11 is 0. The second kappa shape index (κ2) is 10.1. The molecule has 0 saturated heterocycles. The van der Waals surface area contributed by atoms with Crippen molar-refractivity contribution < 1.29 is 59.9 Å². The van der Waals surface area contributed by atoms with E-state index in [-0.39, 0.29) is 60.9 Å². The number of fused-ring (bicyclic) bond motifs is 1. The molecule has 9 heteroatoms. The normalized spacial score (nSPS) is 11.2. The van der Waals surface area contributed by atoms with Crippen molar-refractivity contribution in [3.63, 3.8) is 0 Å². The molecule has 0 aliphatic heterocycles. The molecule has 0 aliphatic carbocycles. The van der Waals surface area contributed by atoms with Crippen LogP contribution in [0.25, 0.3) is 11.0 Å². The Balaban J connectivity index is 0.00000225. The molecule has 0 fully saturated rings. The first-order chi connectivity index (χ1) is 13.5. The zero-order chi connectivity index (χ0) is 20.1. The molecule has 3 rings (SSSR count). The van der Waals surface area contributed by atoms with Crippen LogP contribution >= 0.6 is 0 Å². The van der Waals surface area contributed by atoms with Gasteiger partial charge in [-0.2, -0.15) is 5.26 Å². The molecule has 2 N–H and O–H groups in total.